The van der Waals surface area contributed by atoms with Crippen LogP contribution in [0.3, 0.4) is 0 Å². The minimum absolute atomic E-state index is 0.0941. The average molecular weight is 570 g/mol. The molecule has 0 N–H and O–H groups in total. The summed E-state index contributed by atoms with van der Waals surface area (Å²) in [4.78, 5) is 4.34. The van der Waals surface area contributed by atoms with E-state index in [4.69, 9.17) is 4.74 Å². The molecule has 1 aliphatic rings. The normalized spacial score (nSPS) is 17.9. The molecule has 0 unspecified atom stereocenters. The van der Waals surface area contributed by atoms with E-state index in [1.54, 1.807) is 18.2 Å². The molecule has 0 bridgehead atoms. The van der Waals surface area contributed by atoms with E-state index >= 15 is 0 Å². The fourth-order valence-electron chi connectivity index (χ4n) is 4.59. The molecule has 5 rings (SSSR count). The quantitative estimate of drug-likeness (QED) is 0.164. The summed E-state index contributed by atoms with van der Waals surface area (Å²) < 4.78 is 109. The highest BCUT2D eigenvalue weighted by Crippen LogP contribution is 2.39. The number of halogens is 7. The highest BCUT2D eigenvalue weighted by molar-refractivity contribution is 7.21. The van der Waals surface area contributed by atoms with Gasteiger partial charge in [0.25, 0.3) is 0 Å². The first-order chi connectivity index (χ1) is 18.5. The molecular weight excluding hydrogens is 547 g/mol. The van der Waals surface area contributed by atoms with Crippen LogP contribution in [0.25, 0.3) is 20.8 Å². The molecule has 0 saturated heterocycles. The predicted molar refractivity (Wildman–Crippen MR) is 132 cm³/mol. The van der Waals surface area contributed by atoms with Crippen LogP contribution in [0.2, 0.25) is 0 Å². The first-order valence-electron chi connectivity index (χ1n) is 12.2. The monoisotopic (exact) mass is 569 g/mol. The summed E-state index contributed by atoms with van der Waals surface area (Å²) in [6, 6.07) is 6.85. The Morgan fingerprint density at radius 1 is 0.846 bits per heavy atom. The Labute approximate surface area is 223 Å². The molecule has 0 radical (unpaired) electrons. The van der Waals surface area contributed by atoms with Gasteiger partial charge in [0, 0.05) is 17.7 Å². The molecule has 3 nitrogen and oxygen atoms in total. The van der Waals surface area contributed by atoms with Crippen molar-refractivity contribution in [2.45, 2.75) is 38.7 Å². The van der Waals surface area contributed by atoms with E-state index in [2.05, 4.69) is 16.6 Å². The van der Waals surface area contributed by atoms with E-state index in [1.165, 1.54) is 12.8 Å². The number of thiazole rings is 1. The second-order valence-electron chi connectivity index (χ2n) is 9.72. The number of hydrogen-bond donors (Lipinski definition) is 0. The molecule has 0 atom stereocenters. The van der Waals surface area contributed by atoms with Crippen molar-refractivity contribution in [3.05, 3.63) is 77.1 Å². The lowest BCUT2D eigenvalue weighted by atomic mass is 9.83. The van der Waals surface area contributed by atoms with Crippen molar-refractivity contribution in [3.8, 4) is 22.1 Å². The van der Waals surface area contributed by atoms with Gasteiger partial charge in [-0.05, 0) is 55.0 Å². The number of hydrogen-bond acceptors (Lipinski definition) is 4. The zero-order valence-corrected chi connectivity index (χ0v) is 21.4. The molecule has 0 aliphatic heterocycles. The minimum atomic E-state index is -4.67. The zero-order valence-electron chi connectivity index (χ0n) is 20.5. The van der Waals surface area contributed by atoms with Crippen LogP contribution in [0.5, 0.6) is 11.5 Å². The van der Waals surface area contributed by atoms with Crippen LogP contribution in [-0.2, 0) is 6.11 Å². The average Bonchev–Trinajstić information content (AvgIpc) is 3.29. The summed E-state index contributed by atoms with van der Waals surface area (Å²) in [6.07, 6.45) is -0.0806. The van der Waals surface area contributed by atoms with Crippen molar-refractivity contribution in [2.75, 3.05) is 6.61 Å². The molecule has 4 aromatic rings. The molecule has 1 heterocycles. The summed E-state index contributed by atoms with van der Waals surface area (Å²) in [7, 11) is 0. The van der Waals surface area contributed by atoms with Gasteiger partial charge in [-0.15, -0.1) is 11.3 Å². The van der Waals surface area contributed by atoms with Crippen LogP contribution in [0.1, 0.15) is 38.2 Å². The molecule has 0 amide bonds. The Kier molecular flexibility index (Phi) is 7.45. The third kappa shape index (κ3) is 5.83. The standard InChI is InChI=1S/C28H22F7NO2S/c1-14-2-4-15(5-3-14)13-37-17-6-7-23-24(12-17)39-27(36-23)16-8-19(29)25(20(30)9-16)28(34,35)38-18-10-21(31)26(33)22(32)11-18/h6-12,14-15H,2-5,13H2,1H3. The molecule has 0 spiro atoms. The molecule has 1 aromatic heterocycles. The number of ether oxygens (including phenoxy) is 2. The number of nitrogens with zero attached hydrogens (tertiary/aromatic N) is 1. The van der Waals surface area contributed by atoms with Crippen LogP contribution >= 0.6 is 11.3 Å². The largest absolute Gasteiger partial charge is 0.493 e. The molecule has 1 aliphatic carbocycles. The van der Waals surface area contributed by atoms with Gasteiger partial charge < -0.3 is 9.47 Å². The molecule has 206 valence electrons. The number of rotatable bonds is 7. The Hall–Kier alpha value is -3.34. The van der Waals surface area contributed by atoms with E-state index in [9.17, 15) is 30.7 Å². The van der Waals surface area contributed by atoms with Crippen molar-refractivity contribution in [1.82, 2.24) is 4.98 Å². The van der Waals surface area contributed by atoms with Crippen molar-refractivity contribution in [2.24, 2.45) is 11.8 Å². The van der Waals surface area contributed by atoms with Crippen LogP contribution in [0.15, 0.2) is 42.5 Å². The third-order valence-corrected chi connectivity index (χ3v) is 7.83. The summed E-state index contributed by atoms with van der Waals surface area (Å²) in [6.45, 7) is 2.84. The van der Waals surface area contributed by atoms with Crippen molar-refractivity contribution >= 4 is 21.6 Å². The molecule has 39 heavy (non-hydrogen) atoms. The summed E-state index contributed by atoms with van der Waals surface area (Å²) >= 11 is 1.10. The molecular formula is C28H22F7NO2S. The Morgan fingerprint density at radius 2 is 1.49 bits per heavy atom. The number of alkyl halides is 2. The zero-order chi connectivity index (χ0) is 27.9. The van der Waals surface area contributed by atoms with Crippen molar-refractivity contribution in [3.63, 3.8) is 0 Å². The van der Waals surface area contributed by atoms with Gasteiger partial charge in [-0.1, -0.05) is 19.8 Å². The SMILES string of the molecule is CC1CCC(COc2ccc3nc(-c4cc(F)c(C(F)(F)Oc5cc(F)c(F)c(F)c5)c(F)c4)sc3c2)CC1. The molecule has 3 aromatic carbocycles. The number of benzene rings is 3. The third-order valence-electron chi connectivity index (χ3n) is 6.76. The Balaban J connectivity index is 1.35. The van der Waals surface area contributed by atoms with E-state index in [-0.39, 0.29) is 22.7 Å². The molecule has 1 saturated carbocycles. The molecule has 1 fully saturated rings. The smallest absolute Gasteiger partial charge is 0.432 e. The van der Waals surface area contributed by atoms with Gasteiger partial charge in [0.15, 0.2) is 17.5 Å². The van der Waals surface area contributed by atoms with E-state index < -0.39 is 46.5 Å². The van der Waals surface area contributed by atoms with Gasteiger partial charge in [-0.25, -0.2) is 26.9 Å². The van der Waals surface area contributed by atoms with E-state index in [0.29, 0.717) is 40.6 Å². The van der Waals surface area contributed by atoms with Gasteiger partial charge >= 0.3 is 6.11 Å². The second-order valence-corrected chi connectivity index (χ2v) is 10.8. The first-order valence-corrected chi connectivity index (χ1v) is 13.1. The lowest BCUT2D eigenvalue weighted by Crippen LogP contribution is -2.25. The van der Waals surface area contributed by atoms with E-state index in [1.807, 2.05) is 0 Å². The number of aromatic nitrogens is 1. The minimum Gasteiger partial charge on any atom is -0.493 e. The molecule has 11 heteroatoms. The van der Waals surface area contributed by atoms with Crippen LogP contribution in [0, 0.1) is 40.9 Å². The van der Waals surface area contributed by atoms with Crippen molar-refractivity contribution < 1.29 is 40.2 Å². The van der Waals surface area contributed by atoms with Gasteiger partial charge in [0.05, 0.1) is 16.8 Å². The number of fused-ring (bicyclic) bond motifs is 1. The highest BCUT2D eigenvalue weighted by Gasteiger charge is 2.41. The predicted octanol–water partition coefficient (Wildman–Crippen LogP) is 8.99. The van der Waals surface area contributed by atoms with Gasteiger partial charge in [-0.3, -0.25) is 0 Å². The van der Waals surface area contributed by atoms with Gasteiger partial charge in [0.2, 0.25) is 0 Å². The maximum absolute atomic E-state index is 14.8. The first kappa shape index (κ1) is 27.2. The topological polar surface area (TPSA) is 31.4 Å². The van der Waals surface area contributed by atoms with Gasteiger partial charge in [-0.2, -0.15) is 8.78 Å². The fraction of sp³-hybridized carbons (Fsp3) is 0.321. The Morgan fingerprint density at radius 3 is 2.13 bits per heavy atom. The Bertz CT molecular complexity index is 1470. The van der Waals surface area contributed by atoms with E-state index in [0.717, 1.165) is 30.1 Å². The summed E-state index contributed by atoms with van der Waals surface area (Å²) in [5.74, 6) is -8.13. The lowest BCUT2D eigenvalue weighted by molar-refractivity contribution is -0.189. The highest BCUT2D eigenvalue weighted by atomic mass is 32.1. The van der Waals surface area contributed by atoms with Crippen LogP contribution in [0.4, 0.5) is 30.7 Å². The van der Waals surface area contributed by atoms with Gasteiger partial charge in [0.1, 0.15) is 33.7 Å². The maximum atomic E-state index is 14.8. The lowest BCUT2D eigenvalue weighted by Gasteiger charge is -2.25. The second kappa shape index (κ2) is 10.7. The van der Waals surface area contributed by atoms with Crippen LogP contribution in [-0.4, -0.2) is 11.6 Å². The summed E-state index contributed by atoms with van der Waals surface area (Å²) in [5, 5.41) is 0.180. The van der Waals surface area contributed by atoms with Crippen LogP contribution < -0.4 is 9.47 Å². The maximum Gasteiger partial charge on any atom is 0.432 e. The van der Waals surface area contributed by atoms with Crippen molar-refractivity contribution in [1.29, 1.82) is 0 Å². The fourth-order valence-corrected chi connectivity index (χ4v) is 5.57. The summed E-state index contributed by atoms with van der Waals surface area (Å²) in [5.41, 5.74) is -1.33.